The van der Waals surface area contributed by atoms with Crippen LogP contribution in [0.15, 0.2) is 29.8 Å². The van der Waals surface area contributed by atoms with Crippen molar-refractivity contribution >= 4 is 5.78 Å². The molecule has 5 saturated carbocycles. The molecule has 1 unspecified atom stereocenters. The van der Waals surface area contributed by atoms with Gasteiger partial charge in [-0.15, -0.1) is 12.8 Å². The molecule has 0 spiro atoms. The van der Waals surface area contributed by atoms with E-state index < -0.39 is 11.2 Å². The lowest BCUT2D eigenvalue weighted by Crippen LogP contribution is -2.52. The van der Waals surface area contributed by atoms with E-state index in [0.717, 1.165) is 83.5 Å². The average Bonchev–Trinajstić information content (AvgIpc) is 3.46. The highest BCUT2D eigenvalue weighted by Crippen LogP contribution is 2.66. The second-order valence-corrected chi connectivity index (χ2v) is 16.1. The second-order valence-electron chi connectivity index (χ2n) is 16.1. The molecule has 4 heteroatoms. The minimum atomic E-state index is -0.919. The van der Waals surface area contributed by atoms with E-state index in [0.29, 0.717) is 53.0 Å². The molecule has 44 heavy (non-hydrogen) atoms. The third kappa shape index (κ3) is 4.23. The number of fused-ring (bicyclic) bond motifs is 10. The average molecular weight is 595 g/mol. The van der Waals surface area contributed by atoms with Crippen molar-refractivity contribution in [3.63, 3.8) is 0 Å². The summed E-state index contributed by atoms with van der Waals surface area (Å²) < 4.78 is 0. The first kappa shape index (κ1) is 30.1. The first-order valence-electron chi connectivity index (χ1n) is 17.4. The number of aromatic hydroxyl groups is 1. The van der Waals surface area contributed by atoms with Crippen LogP contribution in [0.3, 0.4) is 0 Å². The van der Waals surface area contributed by atoms with E-state index in [1.54, 1.807) is 0 Å². The van der Waals surface area contributed by atoms with Gasteiger partial charge < -0.3 is 15.3 Å². The smallest absolute Gasteiger partial charge is 0.155 e. The molecule has 0 amide bonds. The normalized spacial score (nSPS) is 46.6. The van der Waals surface area contributed by atoms with Crippen molar-refractivity contribution in [2.24, 2.45) is 46.3 Å². The van der Waals surface area contributed by atoms with Crippen molar-refractivity contribution in [2.45, 2.75) is 121 Å². The van der Waals surface area contributed by atoms with Gasteiger partial charge in [-0.1, -0.05) is 37.3 Å². The van der Waals surface area contributed by atoms with Gasteiger partial charge in [-0.3, -0.25) is 4.79 Å². The van der Waals surface area contributed by atoms with E-state index in [4.69, 9.17) is 12.8 Å². The van der Waals surface area contributed by atoms with Crippen LogP contribution < -0.4 is 0 Å². The molecule has 3 N–H and O–H groups in total. The molecule has 7 aliphatic carbocycles. The van der Waals surface area contributed by atoms with E-state index in [1.165, 1.54) is 23.1 Å². The van der Waals surface area contributed by atoms with Crippen LogP contribution >= 0.6 is 0 Å². The number of benzene rings is 1. The lowest BCUT2D eigenvalue weighted by atomic mass is 9.50. The molecule has 7 aliphatic rings. The molecule has 0 radical (unpaired) electrons. The summed E-state index contributed by atoms with van der Waals surface area (Å²) in [6.07, 6.45) is 27.5. The maximum Gasteiger partial charge on any atom is 0.155 e. The molecule has 8 rings (SSSR count). The quantitative estimate of drug-likeness (QED) is 0.280. The van der Waals surface area contributed by atoms with Crippen LogP contribution in [0.5, 0.6) is 5.75 Å². The number of terminal acetylenes is 2. The Kier molecular flexibility index (Phi) is 7.20. The summed E-state index contributed by atoms with van der Waals surface area (Å²) in [6.45, 7) is 4.45. The molecule has 1 aromatic carbocycles. The molecule has 11 atom stereocenters. The Morgan fingerprint density at radius 1 is 0.727 bits per heavy atom. The van der Waals surface area contributed by atoms with Crippen molar-refractivity contribution < 1.29 is 20.1 Å². The van der Waals surface area contributed by atoms with Crippen LogP contribution in [0.2, 0.25) is 0 Å². The van der Waals surface area contributed by atoms with Crippen LogP contribution in [-0.4, -0.2) is 32.3 Å². The zero-order valence-electron chi connectivity index (χ0n) is 26.7. The van der Waals surface area contributed by atoms with Gasteiger partial charge in [0.15, 0.2) is 5.78 Å². The third-order valence-electron chi connectivity index (χ3n) is 14.8. The largest absolute Gasteiger partial charge is 0.508 e. The Morgan fingerprint density at radius 2 is 1.36 bits per heavy atom. The number of hydrogen-bond acceptors (Lipinski definition) is 4. The number of phenols is 1. The Balaban J connectivity index is 0.000000142. The SMILES string of the molecule is C#C[C@]1(O)CC[C@H]2[C@@H]3CCC4=CC(=O)CCC4[C@H]3CC[C@@]21C.C#C[C@]1(O)CC[C@H]2[C@@H]3CCc4cc(O)ccc4[C@H]3CC[C@@]21C. The van der Waals surface area contributed by atoms with Gasteiger partial charge in [0.05, 0.1) is 0 Å². The molecule has 5 fully saturated rings. The summed E-state index contributed by atoms with van der Waals surface area (Å²) in [5.74, 6) is 10.5. The van der Waals surface area contributed by atoms with Crippen LogP contribution in [0.4, 0.5) is 0 Å². The number of ketones is 1. The highest BCUT2D eigenvalue weighted by Gasteiger charge is 2.62. The van der Waals surface area contributed by atoms with E-state index >= 15 is 0 Å². The van der Waals surface area contributed by atoms with Crippen molar-refractivity contribution in [1.82, 2.24) is 0 Å². The summed E-state index contributed by atoms with van der Waals surface area (Å²) in [4.78, 5) is 11.7. The minimum absolute atomic E-state index is 0.103. The monoisotopic (exact) mass is 594 g/mol. The summed E-state index contributed by atoms with van der Waals surface area (Å²) in [5, 5.41) is 31.5. The molecular formula is C40H50O4. The molecule has 1 aromatic rings. The zero-order valence-corrected chi connectivity index (χ0v) is 26.7. The summed E-state index contributed by atoms with van der Waals surface area (Å²) >= 11 is 0. The molecule has 0 saturated heterocycles. The number of phenolic OH excluding ortho intramolecular Hbond substituents is 1. The summed E-state index contributed by atoms with van der Waals surface area (Å²) in [6, 6.07) is 5.87. The van der Waals surface area contributed by atoms with Crippen LogP contribution in [-0.2, 0) is 11.2 Å². The van der Waals surface area contributed by atoms with Crippen LogP contribution in [0, 0.1) is 71.0 Å². The topological polar surface area (TPSA) is 77.8 Å². The Hall–Kier alpha value is -2.53. The van der Waals surface area contributed by atoms with Gasteiger partial charge in [0.25, 0.3) is 0 Å². The van der Waals surface area contributed by atoms with Crippen molar-refractivity contribution in [1.29, 1.82) is 0 Å². The number of hydrogen-bond donors (Lipinski definition) is 3. The highest BCUT2D eigenvalue weighted by molar-refractivity contribution is 5.91. The molecule has 0 bridgehead atoms. The standard InChI is InChI=1S/C20H26O2.C20H24O2/c2*1-3-20(22)11-9-18-17-6-4-13-12-14(21)5-7-15(13)16(17)8-10-19(18,20)2/h1,12,15-18,22H,4-11H2,2H3;1,5,7,12,16-18,21-22H,4,6,8-11H2,2H3/t15?,16-,17-,18+,19+,20+;16-,17-,18+,19+,20+/m11/s1. The maximum absolute atomic E-state index is 11.7. The fraction of sp³-hybridized carbons (Fsp3) is 0.675. The Morgan fingerprint density at radius 3 is 2.05 bits per heavy atom. The van der Waals surface area contributed by atoms with Gasteiger partial charge in [0.1, 0.15) is 17.0 Å². The summed E-state index contributed by atoms with van der Waals surface area (Å²) in [5.41, 5.74) is 2.11. The number of carbonyl (C=O) groups excluding carboxylic acids is 1. The molecule has 0 aromatic heterocycles. The van der Waals surface area contributed by atoms with Gasteiger partial charge in [-0.25, -0.2) is 0 Å². The van der Waals surface area contributed by atoms with Crippen molar-refractivity contribution in [3.8, 4) is 30.4 Å². The first-order chi connectivity index (χ1) is 21.0. The molecule has 0 heterocycles. The molecular weight excluding hydrogens is 544 g/mol. The number of allylic oxidation sites excluding steroid dienone is 1. The van der Waals surface area contributed by atoms with Gasteiger partial charge in [-0.2, -0.15) is 0 Å². The molecule has 234 valence electrons. The summed E-state index contributed by atoms with van der Waals surface area (Å²) in [7, 11) is 0. The maximum atomic E-state index is 11.7. The van der Waals surface area contributed by atoms with E-state index in [-0.39, 0.29) is 10.8 Å². The van der Waals surface area contributed by atoms with Crippen molar-refractivity contribution in [3.05, 3.63) is 41.0 Å². The number of aryl methyl sites for hydroxylation is 1. The lowest BCUT2D eigenvalue weighted by Gasteiger charge is -2.54. The third-order valence-corrected chi connectivity index (χ3v) is 14.8. The van der Waals surface area contributed by atoms with Crippen LogP contribution in [0.1, 0.15) is 114 Å². The second kappa shape index (κ2) is 10.5. The zero-order chi connectivity index (χ0) is 31.1. The number of rotatable bonds is 0. The van der Waals surface area contributed by atoms with E-state index in [2.05, 4.69) is 31.8 Å². The minimum Gasteiger partial charge on any atom is -0.508 e. The van der Waals surface area contributed by atoms with Gasteiger partial charge >= 0.3 is 0 Å². The lowest BCUT2D eigenvalue weighted by molar-refractivity contribution is -0.116. The van der Waals surface area contributed by atoms with Crippen LogP contribution in [0.25, 0.3) is 0 Å². The van der Waals surface area contributed by atoms with Crippen molar-refractivity contribution in [2.75, 3.05) is 0 Å². The first-order valence-corrected chi connectivity index (χ1v) is 17.4. The molecule has 0 aliphatic heterocycles. The van der Waals surface area contributed by atoms with E-state index in [9.17, 15) is 20.1 Å². The Bertz CT molecular complexity index is 1460. The predicted molar refractivity (Wildman–Crippen MR) is 172 cm³/mol. The number of aliphatic hydroxyl groups is 2. The fourth-order valence-corrected chi connectivity index (χ4v) is 12.3. The fourth-order valence-electron chi connectivity index (χ4n) is 12.3. The van der Waals surface area contributed by atoms with Gasteiger partial charge in [-0.05, 0) is 154 Å². The van der Waals surface area contributed by atoms with E-state index in [1.807, 2.05) is 18.2 Å². The Labute approximate surface area is 264 Å². The van der Waals surface area contributed by atoms with Gasteiger partial charge in [0, 0.05) is 17.3 Å². The highest BCUT2D eigenvalue weighted by atomic mass is 16.3. The van der Waals surface area contributed by atoms with Gasteiger partial charge in [0.2, 0.25) is 0 Å². The molecule has 4 nitrogen and oxygen atoms in total. The predicted octanol–water partition coefficient (Wildman–Crippen LogP) is 7.11. The number of carbonyl (C=O) groups is 1.